The van der Waals surface area contributed by atoms with Crippen LogP contribution in [0.3, 0.4) is 0 Å². The largest absolute Gasteiger partial charge is 0.488 e. The van der Waals surface area contributed by atoms with Gasteiger partial charge in [0.05, 0.1) is 30.5 Å². The zero-order valence-corrected chi connectivity index (χ0v) is 24.3. The molecule has 1 aliphatic heterocycles. The van der Waals surface area contributed by atoms with Crippen molar-refractivity contribution in [2.75, 3.05) is 31.5 Å². The highest BCUT2D eigenvalue weighted by Gasteiger charge is 2.32. The first-order chi connectivity index (χ1) is 18.3. The third-order valence-electron chi connectivity index (χ3n) is 6.71. The maximum atomic E-state index is 13.4. The second-order valence-electron chi connectivity index (χ2n) is 10.6. The summed E-state index contributed by atoms with van der Waals surface area (Å²) in [6, 6.07) is 10.7. The number of ether oxygens (including phenoxy) is 1. The van der Waals surface area contributed by atoms with Gasteiger partial charge in [-0.05, 0) is 58.0 Å². The van der Waals surface area contributed by atoms with E-state index in [1.165, 1.54) is 12.1 Å². The second-order valence-corrected chi connectivity index (χ2v) is 12.3. The first kappa shape index (κ1) is 30.2. The lowest BCUT2D eigenvalue weighted by Crippen LogP contribution is -2.49. The van der Waals surface area contributed by atoms with E-state index in [4.69, 9.17) is 4.74 Å². The number of hydrogen-bond acceptors (Lipinski definition) is 6. The molecule has 1 aliphatic rings. The van der Waals surface area contributed by atoms with Gasteiger partial charge in [0.1, 0.15) is 11.9 Å². The number of hydrogen-bond donors (Lipinski definition) is 3. The molecule has 0 saturated carbocycles. The van der Waals surface area contributed by atoms with Crippen LogP contribution in [0.25, 0.3) is 0 Å². The molecule has 3 amide bonds. The molecule has 0 spiro atoms. The number of amides is 3. The van der Waals surface area contributed by atoms with Gasteiger partial charge in [-0.3, -0.25) is 9.52 Å². The quantitative estimate of drug-likeness (QED) is 0.455. The average Bonchev–Trinajstić information content (AvgIpc) is 2.91. The number of sulfonamides is 1. The highest BCUT2D eigenvalue weighted by Crippen LogP contribution is 2.30. The van der Waals surface area contributed by atoms with Crippen LogP contribution in [0.1, 0.15) is 38.8 Å². The standard InChI is InChI=1S/C28H40N4O6S/c1-18(2)29-28(35)31(6)16-26-20(4)15-32(21(5)17-33)27(34)14-22-13-23(9-12-25(22)38-26)30-39(36,37)24-10-7-19(3)8-11-24/h7-13,18,20-21,26,30,33H,14-17H2,1-6H3,(H,29,35)/t20-,21+,26+/m0/s1. The highest BCUT2D eigenvalue weighted by molar-refractivity contribution is 7.92. The molecule has 3 rings (SSSR count). The van der Waals surface area contributed by atoms with Crippen LogP contribution in [0.2, 0.25) is 0 Å². The number of aliphatic hydroxyl groups excluding tert-OH is 1. The number of likely N-dealkylation sites (N-methyl/N-ethyl adjacent to an activating group) is 1. The second kappa shape index (κ2) is 12.7. The minimum absolute atomic E-state index is 0.0276. The van der Waals surface area contributed by atoms with E-state index in [-0.39, 0.29) is 48.4 Å². The Kier molecular flexibility index (Phi) is 9.84. The lowest BCUT2D eigenvalue weighted by Gasteiger charge is -2.34. The number of urea groups is 1. The smallest absolute Gasteiger partial charge is 0.317 e. The fourth-order valence-electron chi connectivity index (χ4n) is 4.35. The number of aryl methyl sites for hydroxylation is 1. The molecule has 2 aromatic carbocycles. The summed E-state index contributed by atoms with van der Waals surface area (Å²) in [6.07, 6.45) is -0.510. The number of nitrogens with one attached hydrogen (secondary N) is 2. The zero-order valence-electron chi connectivity index (χ0n) is 23.5. The Morgan fingerprint density at radius 2 is 1.85 bits per heavy atom. The Morgan fingerprint density at radius 1 is 1.18 bits per heavy atom. The summed E-state index contributed by atoms with van der Waals surface area (Å²) in [7, 11) is -2.16. The molecule has 0 radical (unpaired) electrons. The van der Waals surface area contributed by atoms with Gasteiger partial charge in [-0.25, -0.2) is 13.2 Å². The van der Waals surface area contributed by atoms with E-state index in [0.717, 1.165) is 5.56 Å². The molecule has 3 atom stereocenters. The lowest BCUT2D eigenvalue weighted by molar-refractivity contribution is -0.134. The summed E-state index contributed by atoms with van der Waals surface area (Å²) in [5, 5.41) is 12.7. The Bertz CT molecular complexity index is 1270. The van der Waals surface area contributed by atoms with Crippen LogP contribution >= 0.6 is 0 Å². The number of rotatable bonds is 8. The monoisotopic (exact) mass is 560 g/mol. The molecule has 11 heteroatoms. The minimum Gasteiger partial charge on any atom is -0.488 e. The first-order valence-electron chi connectivity index (χ1n) is 13.1. The van der Waals surface area contributed by atoms with E-state index in [1.807, 2.05) is 27.7 Å². The van der Waals surface area contributed by atoms with Crippen LogP contribution in [-0.4, -0.2) is 80.2 Å². The molecule has 0 aliphatic carbocycles. The average molecular weight is 561 g/mol. The number of benzene rings is 2. The van der Waals surface area contributed by atoms with Crippen molar-refractivity contribution >= 4 is 27.6 Å². The molecule has 39 heavy (non-hydrogen) atoms. The zero-order chi connectivity index (χ0) is 28.9. The van der Waals surface area contributed by atoms with E-state index in [1.54, 1.807) is 54.1 Å². The Balaban J connectivity index is 1.95. The molecule has 0 unspecified atom stereocenters. The third kappa shape index (κ3) is 7.86. The number of carbonyl (C=O) groups excluding carboxylic acids is 2. The van der Waals surface area contributed by atoms with Gasteiger partial charge in [0.2, 0.25) is 5.91 Å². The lowest BCUT2D eigenvalue weighted by atomic mass is 10.0. The van der Waals surface area contributed by atoms with Gasteiger partial charge in [0.25, 0.3) is 10.0 Å². The molecule has 214 valence electrons. The molecule has 3 N–H and O–H groups in total. The number of aliphatic hydroxyl groups is 1. The Hall–Kier alpha value is -3.31. The van der Waals surface area contributed by atoms with E-state index >= 15 is 0 Å². The maximum Gasteiger partial charge on any atom is 0.317 e. The Labute approximate surface area is 231 Å². The molecule has 0 saturated heterocycles. The van der Waals surface area contributed by atoms with Crippen molar-refractivity contribution in [3.8, 4) is 5.75 Å². The molecular weight excluding hydrogens is 520 g/mol. The summed E-state index contributed by atoms with van der Waals surface area (Å²) in [4.78, 5) is 29.3. The first-order valence-corrected chi connectivity index (χ1v) is 14.6. The van der Waals surface area contributed by atoms with Gasteiger partial charge in [0.15, 0.2) is 0 Å². The topological polar surface area (TPSA) is 128 Å². The van der Waals surface area contributed by atoms with Gasteiger partial charge in [-0.15, -0.1) is 0 Å². The fraction of sp³-hybridized carbons (Fsp3) is 0.500. The Morgan fingerprint density at radius 3 is 2.46 bits per heavy atom. The van der Waals surface area contributed by atoms with Gasteiger partial charge in [0, 0.05) is 36.8 Å². The van der Waals surface area contributed by atoms with Gasteiger partial charge in [-0.1, -0.05) is 24.6 Å². The van der Waals surface area contributed by atoms with Crippen LogP contribution < -0.4 is 14.8 Å². The van der Waals surface area contributed by atoms with Crippen LogP contribution in [0.15, 0.2) is 47.4 Å². The summed E-state index contributed by atoms with van der Waals surface area (Å²) < 4.78 is 34.9. The fourth-order valence-corrected chi connectivity index (χ4v) is 5.40. The number of anilines is 1. The van der Waals surface area contributed by atoms with Crippen molar-refractivity contribution in [2.45, 2.75) is 64.1 Å². The molecule has 1 heterocycles. The van der Waals surface area contributed by atoms with Crippen LogP contribution in [-0.2, 0) is 21.2 Å². The predicted octanol–water partition coefficient (Wildman–Crippen LogP) is 2.99. The summed E-state index contributed by atoms with van der Waals surface area (Å²) in [5.41, 5.74) is 1.75. The number of fused-ring (bicyclic) bond motifs is 1. The van der Waals surface area contributed by atoms with Gasteiger partial charge < -0.3 is 25.0 Å². The van der Waals surface area contributed by atoms with Crippen LogP contribution in [0.4, 0.5) is 10.5 Å². The van der Waals surface area contributed by atoms with E-state index < -0.39 is 22.2 Å². The molecule has 0 aromatic heterocycles. The molecular formula is C28H40N4O6S. The number of carbonyl (C=O) groups is 2. The third-order valence-corrected chi connectivity index (χ3v) is 8.11. The van der Waals surface area contributed by atoms with Crippen molar-refractivity contribution in [1.82, 2.24) is 15.1 Å². The van der Waals surface area contributed by atoms with Crippen molar-refractivity contribution in [3.05, 3.63) is 53.6 Å². The highest BCUT2D eigenvalue weighted by atomic mass is 32.2. The van der Waals surface area contributed by atoms with Crippen LogP contribution in [0.5, 0.6) is 5.75 Å². The molecule has 0 bridgehead atoms. The molecule has 0 fully saturated rings. The molecule has 2 aromatic rings. The predicted molar refractivity (Wildman–Crippen MR) is 150 cm³/mol. The van der Waals surface area contributed by atoms with Crippen molar-refractivity contribution < 1.29 is 27.9 Å². The summed E-state index contributed by atoms with van der Waals surface area (Å²) >= 11 is 0. The van der Waals surface area contributed by atoms with E-state index in [2.05, 4.69) is 10.0 Å². The maximum absolute atomic E-state index is 13.4. The normalized spacial score (nSPS) is 18.8. The van der Waals surface area contributed by atoms with Crippen LogP contribution in [0, 0.1) is 12.8 Å². The van der Waals surface area contributed by atoms with Crippen molar-refractivity contribution in [3.63, 3.8) is 0 Å². The van der Waals surface area contributed by atoms with Gasteiger partial charge >= 0.3 is 6.03 Å². The van der Waals surface area contributed by atoms with Crippen molar-refractivity contribution in [1.29, 1.82) is 0 Å². The van der Waals surface area contributed by atoms with Crippen molar-refractivity contribution in [2.24, 2.45) is 5.92 Å². The van der Waals surface area contributed by atoms with E-state index in [0.29, 0.717) is 23.5 Å². The van der Waals surface area contributed by atoms with Gasteiger partial charge in [-0.2, -0.15) is 0 Å². The summed E-state index contributed by atoms with van der Waals surface area (Å²) in [5.74, 6) is 0.0518. The number of nitrogens with zero attached hydrogens (tertiary/aromatic N) is 2. The SMILES string of the molecule is Cc1ccc(S(=O)(=O)Nc2ccc3c(c2)CC(=O)N([C@H](C)CO)C[C@H](C)[C@@H](CN(C)C(=O)NC(C)C)O3)cc1. The summed E-state index contributed by atoms with van der Waals surface area (Å²) in [6.45, 7) is 9.73. The van der Waals surface area contributed by atoms with E-state index in [9.17, 15) is 23.1 Å². The molecule has 10 nitrogen and oxygen atoms in total. The minimum atomic E-state index is -3.85.